The first kappa shape index (κ1) is 26.0. The van der Waals surface area contributed by atoms with Gasteiger partial charge in [0.15, 0.2) is 5.82 Å². The molecule has 2 unspecified atom stereocenters. The first-order valence-corrected chi connectivity index (χ1v) is 13.2. The van der Waals surface area contributed by atoms with Crippen molar-refractivity contribution < 1.29 is 0 Å². The van der Waals surface area contributed by atoms with Crippen molar-refractivity contribution in [1.82, 2.24) is 25.3 Å². The number of anilines is 1. The van der Waals surface area contributed by atoms with Crippen molar-refractivity contribution in [3.8, 4) is 11.4 Å². The first-order valence-electron chi connectivity index (χ1n) is 13.2. The maximum Gasteiger partial charge on any atom is 0.162 e. The van der Waals surface area contributed by atoms with Crippen LogP contribution in [-0.4, -0.2) is 39.1 Å². The lowest BCUT2D eigenvalue weighted by Crippen LogP contribution is -2.42. The maximum atomic E-state index is 5.01. The van der Waals surface area contributed by atoms with E-state index in [2.05, 4.69) is 41.4 Å². The largest absolute Gasteiger partial charge is 0.366 e. The summed E-state index contributed by atoms with van der Waals surface area (Å²) >= 11 is 0. The van der Waals surface area contributed by atoms with Gasteiger partial charge >= 0.3 is 0 Å². The fourth-order valence-corrected chi connectivity index (χ4v) is 4.14. The van der Waals surface area contributed by atoms with E-state index in [9.17, 15) is 0 Å². The molecule has 34 heavy (non-hydrogen) atoms. The Morgan fingerprint density at radius 1 is 1.06 bits per heavy atom. The van der Waals surface area contributed by atoms with Crippen molar-refractivity contribution in [3.63, 3.8) is 0 Å². The zero-order valence-electron chi connectivity index (χ0n) is 21.9. The zero-order valence-corrected chi connectivity index (χ0v) is 21.9. The summed E-state index contributed by atoms with van der Waals surface area (Å²) in [5.74, 6) is 2.84. The standard InChI is InChI=1S/C22H26N6.C4H10.C2H6/c1-13-10-23-7-6-18(13)26-22-20-17(15-3-4-15)11-24-12-19(20)27-21(28-22)16-5-8-25-14(2)9-16;1-3-4-2;1-2/h5,8-9,11-13,15,18,23H,3-4,6-7,10H2,1-2H3,(H,26,27,28);3-4H2,1-2H3;1-2H3. The van der Waals surface area contributed by atoms with Crippen LogP contribution in [0.4, 0.5) is 5.82 Å². The van der Waals surface area contributed by atoms with E-state index in [0.717, 1.165) is 53.3 Å². The van der Waals surface area contributed by atoms with Crippen LogP contribution in [0.15, 0.2) is 30.7 Å². The molecule has 184 valence electrons. The van der Waals surface area contributed by atoms with Crippen LogP contribution in [-0.2, 0) is 0 Å². The highest BCUT2D eigenvalue weighted by atomic mass is 15.1. The molecule has 0 amide bonds. The summed E-state index contributed by atoms with van der Waals surface area (Å²) in [5, 5.41) is 8.42. The number of rotatable bonds is 5. The quantitative estimate of drug-likeness (QED) is 0.450. The molecule has 6 heteroatoms. The second kappa shape index (κ2) is 12.7. The zero-order chi connectivity index (χ0) is 24.5. The van der Waals surface area contributed by atoms with Crippen LogP contribution in [0.5, 0.6) is 0 Å². The molecule has 1 aliphatic carbocycles. The summed E-state index contributed by atoms with van der Waals surface area (Å²) in [6.45, 7) is 14.7. The first-order chi connectivity index (χ1) is 16.6. The minimum absolute atomic E-state index is 0.409. The van der Waals surface area contributed by atoms with Gasteiger partial charge in [0.2, 0.25) is 0 Å². The Hall–Kier alpha value is -2.60. The highest BCUT2D eigenvalue weighted by molar-refractivity contribution is 5.93. The molecular formula is C28H42N6. The van der Waals surface area contributed by atoms with Crippen molar-refractivity contribution >= 4 is 16.7 Å². The second-order valence-corrected chi connectivity index (χ2v) is 9.20. The van der Waals surface area contributed by atoms with E-state index in [1.54, 1.807) is 0 Å². The molecule has 6 nitrogen and oxygen atoms in total. The Morgan fingerprint density at radius 2 is 1.82 bits per heavy atom. The van der Waals surface area contributed by atoms with E-state index in [1.165, 1.54) is 31.2 Å². The molecule has 3 aromatic rings. The van der Waals surface area contributed by atoms with Crippen LogP contribution >= 0.6 is 0 Å². The Kier molecular flexibility index (Phi) is 9.75. The topological polar surface area (TPSA) is 75.6 Å². The summed E-state index contributed by atoms with van der Waals surface area (Å²) in [6, 6.07) is 4.42. The van der Waals surface area contributed by atoms with Crippen LogP contribution in [0.2, 0.25) is 0 Å². The third-order valence-corrected chi connectivity index (χ3v) is 6.42. The van der Waals surface area contributed by atoms with Crippen molar-refractivity contribution in [2.45, 2.75) is 85.6 Å². The molecule has 1 saturated heterocycles. The number of hydrogen-bond donors (Lipinski definition) is 2. The van der Waals surface area contributed by atoms with Gasteiger partial charge < -0.3 is 10.6 Å². The lowest BCUT2D eigenvalue weighted by molar-refractivity contribution is 0.368. The molecule has 0 spiro atoms. The SMILES string of the molecule is CC.CCCC.Cc1cc(-c2nc(NC3CCNCC3C)c3c(C4CC4)cncc3n2)ccn1. The van der Waals surface area contributed by atoms with Crippen molar-refractivity contribution in [3.05, 3.63) is 42.0 Å². The van der Waals surface area contributed by atoms with Gasteiger partial charge in [-0.15, -0.1) is 0 Å². The molecule has 2 fully saturated rings. The predicted octanol–water partition coefficient (Wildman–Crippen LogP) is 6.52. The van der Waals surface area contributed by atoms with Crippen LogP contribution in [0.3, 0.4) is 0 Å². The number of hydrogen-bond acceptors (Lipinski definition) is 6. The molecule has 4 heterocycles. The van der Waals surface area contributed by atoms with Crippen molar-refractivity contribution in [2.24, 2.45) is 5.92 Å². The number of fused-ring (bicyclic) bond motifs is 1. The summed E-state index contributed by atoms with van der Waals surface area (Å²) in [7, 11) is 0. The fourth-order valence-electron chi connectivity index (χ4n) is 4.14. The minimum Gasteiger partial charge on any atom is -0.366 e. The number of piperidine rings is 1. The highest BCUT2D eigenvalue weighted by Gasteiger charge is 2.29. The molecule has 3 aromatic heterocycles. The molecular weight excluding hydrogens is 420 g/mol. The van der Waals surface area contributed by atoms with Gasteiger partial charge in [0.25, 0.3) is 0 Å². The van der Waals surface area contributed by atoms with Crippen molar-refractivity contribution in [2.75, 3.05) is 18.4 Å². The van der Waals surface area contributed by atoms with Gasteiger partial charge in [-0.05, 0) is 68.8 Å². The summed E-state index contributed by atoms with van der Waals surface area (Å²) in [5.41, 5.74) is 4.17. The van der Waals surface area contributed by atoms with E-state index < -0.39 is 0 Å². The average Bonchev–Trinajstić information content (AvgIpc) is 3.72. The summed E-state index contributed by atoms with van der Waals surface area (Å²) in [6.07, 6.45) is 11.9. The predicted molar refractivity (Wildman–Crippen MR) is 143 cm³/mol. The number of unbranched alkanes of at least 4 members (excludes halogenated alkanes) is 1. The molecule has 2 atom stereocenters. The van der Waals surface area contributed by atoms with E-state index >= 15 is 0 Å². The number of aryl methyl sites for hydroxylation is 1. The van der Waals surface area contributed by atoms with Crippen LogP contribution in [0.1, 0.15) is 83.9 Å². The normalized spacial score (nSPS) is 19.5. The average molecular weight is 463 g/mol. The fraction of sp³-hybridized carbons (Fsp3) is 0.571. The molecule has 1 saturated carbocycles. The Morgan fingerprint density at radius 3 is 2.47 bits per heavy atom. The van der Waals surface area contributed by atoms with Gasteiger partial charge in [0, 0.05) is 35.1 Å². The molecule has 2 aliphatic rings. The Labute approximate surface area is 205 Å². The molecule has 0 aromatic carbocycles. The molecule has 1 aliphatic heterocycles. The Bertz CT molecular complexity index is 1040. The second-order valence-electron chi connectivity index (χ2n) is 9.20. The Balaban J connectivity index is 0.000000492. The highest BCUT2D eigenvalue weighted by Crippen LogP contribution is 2.44. The number of aromatic nitrogens is 4. The van der Waals surface area contributed by atoms with Crippen LogP contribution < -0.4 is 10.6 Å². The van der Waals surface area contributed by atoms with Gasteiger partial charge in [-0.25, -0.2) is 9.97 Å². The van der Waals surface area contributed by atoms with E-state index in [0.29, 0.717) is 17.9 Å². The smallest absolute Gasteiger partial charge is 0.162 e. The number of nitrogens with one attached hydrogen (secondary N) is 2. The van der Waals surface area contributed by atoms with Gasteiger partial charge in [0.05, 0.1) is 11.7 Å². The maximum absolute atomic E-state index is 5.01. The van der Waals surface area contributed by atoms with Crippen molar-refractivity contribution in [1.29, 1.82) is 0 Å². The third-order valence-electron chi connectivity index (χ3n) is 6.42. The van der Waals surface area contributed by atoms with Gasteiger partial charge in [-0.1, -0.05) is 47.5 Å². The monoisotopic (exact) mass is 462 g/mol. The lowest BCUT2D eigenvalue weighted by atomic mass is 9.95. The van der Waals surface area contributed by atoms with Gasteiger partial charge in [-0.2, -0.15) is 0 Å². The van der Waals surface area contributed by atoms with Crippen LogP contribution in [0, 0.1) is 12.8 Å². The molecule has 0 radical (unpaired) electrons. The third kappa shape index (κ3) is 6.50. The molecule has 5 rings (SSSR count). The van der Waals surface area contributed by atoms with Gasteiger partial charge in [0.1, 0.15) is 5.82 Å². The molecule has 0 bridgehead atoms. The molecule has 2 N–H and O–H groups in total. The number of nitrogens with zero attached hydrogens (tertiary/aromatic N) is 4. The van der Waals surface area contributed by atoms with E-state index in [-0.39, 0.29) is 0 Å². The van der Waals surface area contributed by atoms with Crippen LogP contribution in [0.25, 0.3) is 22.3 Å². The number of pyridine rings is 2. The summed E-state index contributed by atoms with van der Waals surface area (Å²) in [4.78, 5) is 18.7. The minimum atomic E-state index is 0.409. The summed E-state index contributed by atoms with van der Waals surface area (Å²) < 4.78 is 0. The van der Waals surface area contributed by atoms with E-state index in [1.807, 2.05) is 51.5 Å². The van der Waals surface area contributed by atoms with Gasteiger partial charge in [-0.3, -0.25) is 9.97 Å². The van der Waals surface area contributed by atoms with E-state index in [4.69, 9.17) is 9.97 Å². The lowest BCUT2D eigenvalue weighted by Gasteiger charge is -2.31.